The molecule has 298 valence electrons. The highest BCUT2D eigenvalue weighted by atomic mass is 16.3. The molecular formula is C57H34N6O. The first-order valence-electron chi connectivity index (χ1n) is 21.5. The molecular weight excluding hydrogens is 785 g/mol. The Kier molecular flexibility index (Phi) is 7.27. The van der Waals surface area contributed by atoms with Crippen molar-refractivity contribution in [2.75, 3.05) is 0 Å². The van der Waals surface area contributed by atoms with Gasteiger partial charge in [-0.15, -0.1) is 0 Å². The summed E-state index contributed by atoms with van der Waals surface area (Å²) in [6.07, 6.45) is 0. The Hall–Kier alpha value is -8.81. The first-order chi connectivity index (χ1) is 31.8. The van der Waals surface area contributed by atoms with E-state index in [1.807, 2.05) is 18.2 Å². The van der Waals surface area contributed by atoms with Gasteiger partial charge in [-0.2, -0.15) is 9.97 Å². The molecule has 0 saturated heterocycles. The van der Waals surface area contributed by atoms with E-state index in [1.165, 1.54) is 21.5 Å². The standard InChI is InChI=1S/C57H34N6O/c1-2-16-36(17-3-1)61-46-24-10-6-20-39(46)43-32-33-44-40-21-7-11-25-47(40)62(54(44)53(43)61)50-28-14-8-23-45(50)56-58-55(35-30-31-42-41-22-9-15-29-51(41)64-52(42)34-35)59-57(60-56)63-48-26-12-4-18-37(48)38-19-5-13-27-49(38)63/h1-34H. The van der Waals surface area contributed by atoms with Crippen molar-refractivity contribution in [1.29, 1.82) is 0 Å². The molecule has 0 aliphatic heterocycles. The fourth-order valence-corrected chi connectivity index (χ4v) is 10.2. The summed E-state index contributed by atoms with van der Waals surface area (Å²) in [6, 6.07) is 72.5. The number of hydrogen-bond acceptors (Lipinski definition) is 4. The van der Waals surface area contributed by atoms with Gasteiger partial charge in [0.2, 0.25) is 5.95 Å². The quantitative estimate of drug-likeness (QED) is 0.173. The van der Waals surface area contributed by atoms with Crippen molar-refractivity contribution >= 4 is 87.4 Å². The normalized spacial score (nSPS) is 12.1. The Bertz CT molecular complexity index is 4160. The molecule has 0 fully saturated rings. The van der Waals surface area contributed by atoms with Crippen LogP contribution in [0.15, 0.2) is 211 Å². The second kappa shape index (κ2) is 13.3. The largest absolute Gasteiger partial charge is 0.456 e. The van der Waals surface area contributed by atoms with Crippen molar-refractivity contribution in [3.05, 3.63) is 206 Å². The maximum Gasteiger partial charge on any atom is 0.238 e. The average Bonchev–Trinajstić information content (AvgIpc) is 4.10. The highest BCUT2D eigenvalue weighted by Crippen LogP contribution is 2.43. The predicted molar refractivity (Wildman–Crippen MR) is 261 cm³/mol. The summed E-state index contributed by atoms with van der Waals surface area (Å²) >= 11 is 0. The summed E-state index contributed by atoms with van der Waals surface area (Å²) < 4.78 is 13.4. The molecule has 0 radical (unpaired) electrons. The molecule has 0 atom stereocenters. The number of rotatable bonds is 5. The third-order valence-electron chi connectivity index (χ3n) is 12.9. The highest BCUT2D eigenvalue weighted by molar-refractivity contribution is 6.24. The van der Waals surface area contributed by atoms with Gasteiger partial charge >= 0.3 is 0 Å². The fourth-order valence-electron chi connectivity index (χ4n) is 10.2. The van der Waals surface area contributed by atoms with Crippen LogP contribution in [0.1, 0.15) is 0 Å². The van der Waals surface area contributed by atoms with Crippen LogP contribution in [0, 0.1) is 0 Å². The monoisotopic (exact) mass is 818 g/mol. The van der Waals surface area contributed by atoms with Gasteiger partial charge in [-0.3, -0.25) is 4.57 Å². The minimum Gasteiger partial charge on any atom is -0.456 e. The van der Waals surface area contributed by atoms with Gasteiger partial charge in [0.25, 0.3) is 0 Å². The molecule has 5 heterocycles. The van der Waals surface area contributed by atoms with Gasteiger partial charge in [0, 0.05) is 59.9 Å². The lowest BCUT2D eigenvalue weighted by atomic mass is 10.1. The highest BCUT2D eigenvalue weighted by Gasteiger charge is 2.25. The molecule has 7 heteroatoms. The van der Waals surface area contributed by atoms with E-state index in [0.29, 0.717) is 17.6 Å². The minimum atomic E-state index is 0.533. The van der Waals surface area contributed by atoms with Crippen LogP contribution in [-0.2, 0) is 0 Å². The topological polar surface area (TPSA) is 66.6 Å². The predicted octanol–water partition coefficient (Wildman–Crippen LogP) is 14.4. The Labute approximate surface area is 365 Å². The Morgan fingerprint density at radius 1 is 0.328 bits per heavy atom. The van der Waals surface area contributed by atoms with Crippen molar-refractivity contribution in [2.45, 2.75) is 0 Å². The maximum atomic E-state index is 6.41. The van der Waals surface area contributed by atoms with Crippen LogP contribution in [0.5, 0.6) is 0 Å². The summed E-state index contributed by atoms with van der Waals surface area (Å²) in [5, 5.41) is 9.11. The van der Waals surface area contributed by atoms with E-state index in [4.69, 9.17) is 19.4 Å². The van der Waals surface area contributed by atoms with Crippen LogP contribution < -0.4 is 0 Å². The van der Waals surface area contributed by atoms with Crippen LogP contribution in [0.2, 0.25) is 0 Å². The zero-order valence-electron chi connectivity index (χ0n) is 34.2. The van der Waals surface area contributed by atoms with E-state index in [-0.39, 0.29) is 0 Å². The van der Waals surface area contributed by atoms with Crippen LogP contribution in [-0.4, -0.2) is 28.7 Å². The SMILES string of the molecule is c1ccc(-n2c3ccccc3c3ccc4c5ccccc5n(-c5ccccc5-c5nc(-c6ccc7c(c6)oc6ccccc67)nc(-n6c7ccccc7c7ccccc76)n5)c4c32)cc1. The van der Waals surface area contributed by atoms with E-state index in [1.54, 1.807) is 0 Å². The number of hydrogen-bond donors (Lipinski definition) is 0. The molecule has 0 aliphatic carbocycles. The summed E-state index contributed by atoms with van der Waals surface area (Å²) in [7, 11) is 0. The van der Waals surface area contributed by atoms with E-state index in [0.717, 1.165) is 88.3 Å². The van der Waals surface area contributed by atoms with E-state index in [2.05, 4.69) is 202 Å². The van der Waals surface area contributed by atoms with Crippen molar-refractivity contribution in [3.63, 3.8) is 0 Å². The molecule has 14 rings (SSSR count). The summed E-state index contributed by atoms with van der Waals surface area (Å²) in [5.74, 6) is 1.64. The lowest BCUT2D eigenvalue weighted by Gasteiger charge is -2.16. The molecule has 0 unspecified atom stereocenters. The van der Waals surface area contributed by atoms with Crippen molar-refractivity contribution < 1.29 is 4.42 Å². The minimum absolute atomic E-state index is 0.533. The van der Waals surface area contributed by atoms with E-state index < -0.39 is 0 Å². The molecule has 9 aromatic carbocycles. The Balaban J connectivity index is 1.09. The third kappa shape index (κ3) is 4.94. The maximum absolute atomic E-state index is 6.41. The molecule has 0 bridgehead atoms. The van der Waals surface area contributed by atoms with Crippen LogP contribution >= 0.6 is 0 Å². The van der Waals surface area contributed by atoms with Crippen LogP contribution in [0.25, 0.3) is 127 Å². The Morgan fingerprint density at radius 3 is 1.50 bits per heavy atom. The zero-order valence-corrected chi connectivity index (χ0v) is 34.2. The lowest BCUT2D eigenvalue weighted by molar-refractivity contribution is 0.669. The van der Waals surface area contributed by atoms with Gasteiger partial charge < -0.3 is 13.6 Å². The molecule has 5 aromatic heterocycles. The summed E-state index contributed by atoms with van der Waals surface area (Å²) in [6.45, 7) is 0. The smallest absolute Gasteiger partial charge is 0.238 e. The van der Waals surface area contributed by atoms with Gasteiger partial charge in [-0.25, -0.2) is 4.98 Å². The molecule has 0 spiro atoms. The zero-order chi connectivity index (χ0) is 41.9. The van der Waals surface area contributed by atoms with E-state index >= 15 is 0 Å². The number of para-hydroxylation sites is 7. The number of furan rings is 1. The van der Waals surface area contributed by atoms with Gasteiger partial charge in [0.15, 0.2) is 11.6 Å². The number of benzene rings is 9. The molecule has 0 amide bonds. The van der Waals surface area contributed by atoms with Crippen molar-refractivity contribution in [1.82, 2.24) is 28.7 Å². The fraction of sp³-hybridized carbons (Fsp3) is 0. The van der Waals surface area contributed by atoms with Gasteiger partial charge in [0.05, 0.1) is 38.8 Å². The molecule has 7 nitrogen and oxygen atoms in total. The number of aromatic nitrogens is 6. The van der Waals surface area contributed by atoms with Crippen LogP contribution in [0.3, 0.4) is 0 Å². The number of fused-ring (bicyclic) bond motifs is 13. The first-order valence-corrected chi connectivity index (χ1v) is 21.5. The van der Waals surface area contributed by atoms with Crippen molar-refractivity contribution in [3.8, 4) is 40.1 Å². The molecule has 64 heavy (non-hydrogen) atoms. The average molecular weight is 819 g/mol. The summed E-state index contributed by atoms with van der Waals surface area (Å²) in [4.78, 5) is 16.2. The number of nitrogens with zero attached hydrogens (tertiary/aromatic N) is 6. The van der Waals surface area contributed by atoms with Gasteiger partial charge in [-0.1, -0.05) is 140 Å². The molecule has 0 saturated carbocycles. The molecule has 0 aliphatic rings. The van der Waals surface area contributed by atoms with Gasteiger partial charge in [-0.05, 0) is 66.7 Å². The molecule has 14 aromatic rings. The third-order valence-corrected chi connectivity index (χ3v) is 12.9. The van der Waals surface area contributed by atoms with Crippen LogP contribution in [0.4, 0.5) is 0 Å². The second-order valence-corrected chi connectivity index (χ2v) is 16.4. The van der Waals surface area contributed by atoms with Crippen molar-refractivity contribution in [2.24, 2.45) is 0 Å². The van der Waals surface area contributed by atoms with E-state index in [9.17, 15) is 0 Å². The lowest BCUT2D eigenvalue weighted by Crippen LogP contribution is -2.08. The molecule has 0 N–H and O–H groups in total. The Morgan fingerprint density at radius 2 is 0.812 bits per heavy atom. The second-order valence-electron chi connectivity index (χ2n) is 16.4. The summed E-state index contributed by atoms with van der Waals surface area (Å²) in [5.41, 5.74) is 11.9. The first kappa shape index (κ1) is 34.9. The van der Waals surface area contributed by atoms with Gasteiger partial charge in [0.1, 0.15) is 11.2 Å².